The highest BCUT2D eigenvalue weighted by atomic mass is 32.3. The first-order valence-electron chi connectivity index (χ1n) is 13.8. The van der Waals surface area contributed by atoms with Crippen LogP contribution in [-0.4, -0.2) is 18.8 Å². The molecule has 0 atom stereocenters. The maximum absolute atomic E-state index is 2.48. The Morgan fingerprint density at radius 2 is 0.825 bits per heavy atom. The van der Waals surface area contributed by atoms with Crippen molar-refractivity contribution < 1.29 is 0 Å². The highest BCUT2D eigenvalue weighted by Crippen LogP contribution is 2.50. The Morgan fingerprint density at radius 1 is 0.350 bits per heavy atom. The minimum Gasteiger partial charge on any atom is -0.223 e. The first kappa shape index (κ1) is 24.7. The topological polar surface area (TPSA) is 0 Å². The fourth-order valence-corrected chi connectivity index (χ4v) is 7.08. The van der Waals surface area contributed by atoms with E-state index in [1.54, 1.807) is 0 Å². The van der Waals surface area contributed by atoms with Gasteiger partial charge in [-0.1, -0.05) is 127 Å². The summed E-state index contributed by atoms with van der Waals surface area (Å²) in [7, 11) is -0.895. The third-order valence-electron chi connectivity index (χ3n) is 8.04. The molecule has 0 unspecified atom stereocenters. The van der Waals surface area contributed by atoms with Crippen molar-refractivity contribution >= 4 is 42.3 Å². The average molecular weight is 533 g/mol. The van der Waals surface area contributed by atoms with Crippen molar-refractivity contribution in [2.75, 3.05) is 18.8 Å². The number of benzene rings is 7. The van der Waals surface area contributed by atoms with Crippen LogP contribution in [0.3, 0.4) is 0 Å². The van der Waals surface area contributed by atoms with E-state index in [0.29, 0.717) is 0 Å². The van der Waals surface area contributed by atoms with Crippen LogP contribution in [0, 0.1) is 0 Å². The van der Waals surface area contributed by atoms with Gasteiger partial charge in [-0.05, 0) is 101 Å². The van der Waals surface area contributed by atoms with Crippen molar-refractivity contribution in [2.45, 2.75) is 4.90 Å². The van der Waals surface area contributed by atoms with Crippen LogP contribution in [0.15, 0.2) is 144 Å². The van der Waals surface area contributed by atoms with Crippen molar-refractivity contribution in [1.29, 1.82) is 0 Å². The molecular weight excluding hydrogens is 500 g/mol. The molecule has 0 nitrogen and oxygen atoms in total. The number of fused-ring (bicyclic) bond motifs is 3. The highest BCUT2D eigenvalue weighted by Gasteiger charge is 2.20. The average Bonchev–Trinajstić information content (AvgIpc) is 2.99. The summed E-state index contributed by atoms with van der Waals surface area (Å²) in [5, 5.41) is 7.80. The molecule has 7 aromatic rings. The number of hydrogen-bond donors (Lipinski definition) is 0. The minimum atomic E-state index is -0.895. The third-order valence-corrected chi connectivity index (χ3v) is 9.71. The fourth-order valence-electron chi connectivity index (χ4n) is 6.13. The predicted octanol–water partition coefficient (Wildman–Crippen LogP) is 11.2. The largest absolute Gasteiger partial charge is 0.223 e. The van der Waals surface area contributed by atoms with Crippen LogP contribution in [0.2, 0.25) is 0 Å². The molecule has 0 aliphatic rings. The summed E-state index contributed by atoms with van der Waals surface area (Å²) in [4.78, 5) is 1.43. The molecular formula is C39H32S. The quantitative estimate of drug-likeness (QED) is 0.198. The molecule has 0 aromatic heterocycles. The Bertz CT molecular complexity index is 2010. The first-order chi connectivity index (χ1) is 19.5. The molecule has 7 rings (SSSR count). The van der Waals surface area contributed by atoms with E-state index >= 15 is 0 Å². The maximum atomic E-state index is 2.48. The Kier molecular flexibility index (Phi) is 5.99. The summed E-state index contributed by atoms with van der Waals surface area (Å²) >= 11 is 0. The zero-order chi connectivity index (χ0) is 27.3. The van der Waals surface area contributed by atoms with Crippen molar-refractivity contribution in [1.82, 2.24) is 0 Å². The minimum absolute atomic E-state index is 0.895. The molecule has 0 amide bonds. The van der Waals surface area contributed by atoms with E-state index in [9.17, 15) is 0 Å². The third kappa shape index (κ3) is 4.10. The first-order valence-corrected chi connectivity index (χ1v) is 16.7. The van der Waals surface area contributed by atoms with Gasteiger partial charge in [0.25, 0.3) is 0 Å². The number of hydrogen-bond acceptors (Lipinski definition) is 0. The van der Waals surface area contributed by atoms with Crippen LogP contribution in [0.5, 0.6) is 0 Å². The molecule has 0 radical (unpaired) electrons. The lowest BCUT2D eigenvalue weighted by Gasteiger charge is -2.27. The zero-order valence-corrected chi connectivity index (χ0v) is 24.0. The van der Waals surface area contributed by atoms with Gasteiger partial charge in [0.05, 0.1) is 0 Å². The van der Waals surface area contributed by atoms with Gasteiger partial charge in [0, 0.05) is 0 Å². The van der Waals surface area contributed by atoms with Crippen molar-refractivity contribution in [2.24, 2.45) is 0 Å². The summed E-state index contributed by atoms with van der Waals surface area (Å²) in [6.07, 6.45) is 7.15. The molecule has 0 bridgehead atoms. The van der Waals surface area contributed by atoms with Gasteiger partial charge in [-0.3, -0.25) is 0 Å². The second-order valence-electron chi connectivity index (χ2n) is 11.3. The lowest BCUT2D eigenvalue weighted by Crippen LogP contribution is -1.96. The smallest absolute Gasteiger partial charge is 0.00201 e. The van der Waals surface area contributed by atoms with Crippen molar-refractivity contribution in [3.63, 3.8) is 0 Å². The molecule has 0 heterocycles. The van der Waals surface area contributed by atoms with Gasteiger partial charge >= 0.3 is 0 Å². The second-order valence-corrected chi connectivity index (χ2v) is 15.4. The Labute approximate surface area is 238 Å². The molecule has 0 aliphatic carbocycles. The Morgan fingerprint density at radius 3 is 1.45 bits per heavy atom. The van der Waals surface area contributed by atoms with E-state index in [4.69, 9.17) is 0 Å². The SMILES string of the molecule is CS(C)(C)c1ccc2c(-c3ccc(-c4ccccc4)c4ccccc34)c3ccccc3c(-c3ccccc3)c2c1. The van der Waals surface area contributed by atoms with E-state index in [0.717, 1.165) is 0 Å². The summed E-state index contributed by atoms with van der Waals surface area (Å²) in [5.41, 5.74) is 7.71. The van der Waals surface area contributed by atoms with Crippen molar-refractivity contribution in [3.8, 4) is 33.4 Å². The molecule has 0 spiro atoms. The Balaban J connectivity index is 1.64. The van der Waals surface area contributed by atoms with E-state index in [1.165, 1.54) is 70.6 Å². The predicted molar refractivity (Wildman–Crippen MR) is 179 cm³/mol. The molecule has 1 heteroatoms. The van der Waals surface area contributed by atoms with Gasteiger partial charge in [-0.25, -0.2) is 10.0 Å². The maximum Gasteiger partial charge on any atom is -0.00201 e. The van der Waals surface area contributed by atoms with E-state index in [2.05, 4.69) is 158 Å². The van der Waals surface area contributed by atoms with Crippen LogP contribution in [0.25, 0.3) is 65.7 Å². The second kappa shape index (κ2) is 9.70. The zero-order valence-electron chi connectivity index (χ0n) is 23.2. The van der Waals surface area contributed by atoms with Crippen LogP contribution < -0.4 is 0 Å². The fraction of sp³-hybridized carbons (Fsp3) is 0.0769. The van der Waals surface area contributed by atoms with Crippen LogP contribution in [0.1, 0.15) is 0 Å². The van der Waals surface area contributed by atoms with E-state index < -0.39 is 10.0 Å². The standard InChI is InChI=1S/C39H32S/c1-40(2,3)29-22-23-36-37(26-29)38(28-16-8-5-9-17-28)33-20-12-13-21-34(33)39(36)35-25-24-30(27-14-6-4-7-15-27)31-18-10-11-19-32(31)35/h4-26H,1-3H3. The van der Waals surface area contributed by atoms with Gasteiger partial charge < -0.3 is 0 Å². The lowest BCUT2D eigenvalue weighted by atomic mass is 9.84. The summed E-state index contributed by atoms with van der Waals surface area (Å²) in [6, 6.07) is 51.4. The van der Waals surface area contributed by atoms with Gasteiger partial charge in [-0.2, -0.15) is 0 Å². The van der Waals surface area contributed by atoms with E-state index in [-0.39, 0.29) is 0 Å². The summed E-state index contributed by atoms with van der Waals surface area (Å²) in [6.45, 7) is 0. The molecule has 7 aromatic carbocycles. The monoisotopic (exact) mass is 532 g/mol. The molecule has 0 saturated heterocycles. The summed E-state index contributed by atoms with van der Waals surface area (Å²) in [5.74, 6) is 0. The lowest BCUT2D eigenvalue weighted by molar-refractivity contribution is 1.48. The van der Waals surface area contributed by atoms with Gasteiger partial charge in [0.15, 0.2) is 0 Å². The molecule has 0 N–H and O–H groups in total. The van der Waals surface area contributed by atoms with Gasteiger partial charge in [0.1, 0.15) is 0 Å². The number of rotatable bonds is 4. The highest BCUT2D eigenvalue weighted by molar-refractivity contribution is 8.32. The van der Waals surface area contributed by atoms with Crippen LogP contribution in [-0.2, 0) is 0 Å². The Hall–Kier alpha value is -4.33. The molecule has 0 saturated carbocycles. The van der Waals surface area contributed by atoms with Crippen LogP contribution >= 0.6 is 10.0 Å². The molecule has 0 fully saturated rings. The van der Waals surface area contributed by atoms with E-state index in [1.807, 2.05) is 0 Å². The van der Waals surface area contributed by atoms with Gasteiger partial charge in [-0.15, -0.1) is 0 Å². The normalized spacial score (nSPS) is 12.3. The molecule has 194 valence electrons. The van der Waals surface area contributed by atoms with Crippen molar-refractivity contribution in [3.05, 3.63) is 140 Å². The molecule has 0 aliphatic heterocycles. The summed E-state index contributed by atoms with van der Waals surface area (Å²) < 4.78 is 0. The molecule has 40 heavy (non-hydrogen) atoms. The van der Waals surface area contributed by atoms with Crippen LogP contribution in [0.4, 0.5) is 0 Å². The van der Waals surface area contributed by atoms with Gasteiger partial charge in [0.2, 0.25) is 0 Å².